The molecule has 0 atom stereocenters. The second-order valence-corrected chi connectivity index (χ2v) is 5.92. The largest absolute Gasteiger partial charge is 0.495 e. The molecule has 0 radical (unpaired) electrons. The molecule has 0 spiro atoms. The van der Waals surface area contributed by atoms with Crippen molar-refractivity contribution in [1.29, 1.82) is 0 Å². The lowest BCUT2D eigenvalue weighted by Gasteiger charge is -2.20. The highest BCUT2D eigenvalue weighted by Gasteiger charge is 2.16. The van der Waals surface area contributed by atoms with Crippen molar-refractivity contribution in [1.82, 2.24) is 15.1 Å². The molecular formula is C19H26N4O2. The molecule has 6 nitrogen and oxygen atoms in total. The maximum Gasteiger partial charge on any atom is 0.274 e. The van der Waals surface area contributed by atoms with E-state index in [4.69, 9.17) is 4.74 Å². The number of methoxy groups -OCH3 is 1. The number of carbonyl (C=O) groups excluding carboxylic acids is 1. The van der Waals surface area contributed by atoms with Crippen molar-refractivity contribution in [2.45, 2.75) is 33.6 Å². The molecule has 0 unspecified atom stereocenters. The van der Waals surface area contributed by atoms with E-state index < -0.39 is 0 Å². The van der Waals surface area contributed by atoms with Gasteiger partial charge in [0, 0.05) is 13.1 Å². The summed E-state index contributed by atoms with van der Waals surface area (Å²) in [7, 11) is 1.62. The molecular weight excluding hydrogens is 316 g/mol. The van der Waals surface area contributed by atoms with Crippen LogP contribution in [0, 0.1) is 6.92 Å². The molecule has 1 heterocycles. The normalized spacial score (nSPS) is 10.4. The van der Waals surface area contributed by atoms with Gasteiger partial charge >= 0.3 is 0 Å². The number of anilines is 2. The van der Waals surface area contributed by atoms with Crippen LogP contribution in [0.15, 0.2) is 30.3 Å². The number of rotatable bonds is 8. The maximum atomic E-state index is 12.5. The van der Waals surface area contributed by atoms with E-state index in [2.05, 4.69) is 29.4 Å². The van der Waals surface area contributed by atoms with Gasteiger partial charge in [-0.2, -0.15) is 0 Å². The molecule has 0 aliphatic rings. The van der Waals surface area contributed by atoms with Crippen molar-refractivity contribution < 1.29 is 9.53 Å². The Morgan fingerprint density at radius 1 is 1.12 bits per heavy atom. The number of hydrogen-bond acceptors (Lipinski definition) is 5. The Balaban J connectivity index is 2.14. The fourth-order valence-electron chi connectivity index (χ4n) is 2.59. The van der Waals surface area contributed by atoms with E-state index in [-0.39, 0.29) is 5.91 Å². The Morgan fingerprint density at radius 2 is 1.84 bits per heavy atom. The van der Waals surface area contributed by atoms with Crippen LogP contribution >= 0.6 is 0 Å². The summed E-state index contributed by atoms with van der Waals surface area (Å²) >= 11 is 0. The highest BCUT2D eigenvalue weighted by Crippen LogP contribution is 2.27. The van der Waals surface area contributed by atoms with Crippen LogP contribution in [-0.2, 0) is 0 Å². The fraction of sp³-hybridized carbons (Fsp3) is 0.421. The van der Waals surface area contributed by atoms with Crippen molar-refractivity contribution in [2.24, 2.45) is 0 Å². The van der Waals surface area contributed by atoms with Gasteiger partial charge in [-0.3, -0.25) is 4.79 Å². The monoisotopic (exact) mass is 342 g/mol. The first kappa shape index (κ1) is 18.7. The van der Waals surface area contributed by atoms with Gasteiger partial charge in [0.1, 0.15) is 5.75 Å². The fourth-order valence-corrected chi connectivity index (χ4v) is 2.59. The number of hydrogen-bond donors (Lipinski definition) is 1. The van der Waals surface area contributed by atoms with Crippen LogP contribution in [0.5, 0.6) is 5.75 Å². The second kappa shape index (κ2) is 9.01. The maximum absolute atomic E-state index is 12.5. The zero-order valence-electron chi connectivity index (χ0n) is 15.4. The SMILES string of the molecule is CCCN(CCC)C(=O)c1ccc(Nc2cc(C)ccc2OC)nn1. The van der Waals surface area contributed by atoms with E-state index >= 15 is 0 Å². The van der Waals surface area contributed by atoms with E-state index in [9.17, 15) is 4.79 Å². The molecule has 0 aliphatic heterocycles. The standard InChI is InChI=1S/C19H26N4O2/c1-5-11-23(12-6-2)19(24)15-8-10-18(22-21-15)20-16-13-14(3)7-9-17(16)25-4/h7-10,13H,5-6,11-12H2,1-4H3,(H,20,22). The molecule has 2 aromatic rings. The summed E-state index contributed by atoms with van der Waals surface area (Å²) in [6.45, 7) is 7.59. The van der Waals surface area contributed by atoms with Crippen molar-refractivity contribution in [3.8, 4) is 5.75 Å². The minimum Gasteiger partial charge on any atom is -0.495 e. The third-order valence-electron chi connectivity index (χ3n) is 3.78. The van der Waals surface area contributed by atoms with Crippen LogP contribution in [-0.4, -0.2) is 41.2 Å². The highest BCUT2D eigenvalue weighted by atomic mass is 16.5. The van der Waals surface area contributed by atoms with Crippen LogP contribution in [0.4, 0.5) is 11.5 Å². The summed E-state index contributed by atoms with van der Waals surface area (Å²) in [6, 6.07) is 9.32. The molecule has 1 aromatic carbocycles. The molecule has 2 rings (SSSR count). The number of nitrogens with zero attached hydrogens (tertiary/aromatic N) is 3. The molecule has 0 saturated heterocycles. The van der Waals surface area contributed by atoms with Crippen molar-refractivity contribution in [3.63, 3.8) is 0 Å². The first-order valence-electron chi connectivity index (χ1n) is 8.63. The molecule has 1 N–H and O–H groups in total. The first-order valence-corrected chi connectivity index (χ1v) is 8.63. The summed E-state index contributed by atoms with van der Waals surface area (Å²) in [5, 5.41) is 11.4. The zero-order chi connectivity index (χ0) is 18.2. The summed E-state index contributed by atoms with van der Waals surface area (Å²) in [6.07, 6.45) is 1.85. The molecule has 1 aromatic heterocycles. The molecule has 134 valence electrons. The number of nitrogens with one attached hydrogen (secondary N) is 1. The van der Waals surface area contributed by atoms with Gasteiger partial charge in [0.05, 0.1) is 12.8 Å². The predicted molar refractivity (Wildman–Crippen MR) is 99.5 cm³/mol. The summed E-state index contributed by atoms with van der Waals surface area (Å²) in [5.41, 5.74) is 2.29. The van der Waals surface area contributed by atoms with E-state index in [0.717, 1.165) is 42.9 Å². The van der Waals surface area contributed by atoms with E-state index in [1.807, 2.05) is 30.0 Å². The Labute approximate surface area is 149 Å². The third-order valence-corrected chi connectivity index (χ3v) is 3.78. The lowest BCUT2D eigenvalue weighted by Crippen LogP contribution is -2.33. The Morgan fingerprint density at radius 3 is 2.40 bits per heavy atom. The number of benzene rings is 1. The number of carbonyl (C=O) groups is 1. The van der Waals surface area contributed by atoms with E-state index in [1.54, 1.807) is 19.2 Å². The van der Waals surface area contributed by atoms with Crippen molar-refractivity contribution >= 4 is 17.4 Å². The second-order valence-electron chi connectivity index (χ2n) is 5.92. The molecule has 6 heteroatoms. The molecule has 0 fully saturated rings. The highest BCUT2D eigenvalue weighted by molar-refractivity contribution is 5.92. The van der Waals surface area contributed by atoms with Gasteiger partial charge in [0.25, 0.3) is 5.91 Å². The van der Waals surface area contributed by atoms with Gasteiger partial charge in [-0.05, 0) is 49.6 Å². The third kappa shape index (κ3) is 4.92. The van der Waals surface area contributed by atoms with Gasteiger partial charge in [-0.1, -0.05) is 19.9 Å². The Kier molecular flexibility index (Phi) is 6.74. The van der Waals surface area contributed by atoms with Crippen LogP contribution in [0.25, 0.3) is 0 Å². The van der Waals surface area contributed by atoms with E-state index in [1.165, 1.54) is 0 Å². The average Bonchev–Trinajstić information content (AvgIpc) is 2.62. The van der Waals surface area contributed by atoms with Gasteiger partial charge < -0.3 is 15.0 Å². The molecule has 1 amide bonds. The molecule has 0 bridgehead atoms. The minimum absolute atomic E-state index is 0.0733. The Bertz CT molecular complexity index is 695. The van der Waals surface area contributed by atoms with Crippen LogP contribution in [0.3, 0.4) is 0 Å². The number of aryl methyl sites for hydroxylation is 1. The smallest absolute Gasteiger partial charge is 0.274 e. The number of ether oxygens (including phenoxy) is 1. The van der Waals surface area contributed by atoms with Gasteiger partial charge in [-0.25, -0.2) is 0 Å². The topological polar surface area (TPSA) is 67.4 Å². The van der Waals surface area contributed by atoms with Crippen LogP contribution in [0.1, 0.15) is 42.7 Å². The molecule has 25 heavy (non-hydrogen) atoms. The van der Waals surface area contributed by atoms with Crippen molar-refractivity contribution in [3.05, 3.63) is 41.6 Å². The number of amides is 1. The van der Waals surface area contributed by atoms with Gasteiger partial charge in [0.2, 0.25) is 0 Å². The average molecular weight is 342 g/mol. The molecule has 0 saturated carbocycles. The summed E-state index contributed by atoms with van der Waals surface area (Å²) in [4.78, 5) is 14.3. The predicted octanol–water partition coefficient (Wildman–Crippen LogP) is 3.80. The Hall–Kier alpha value is -2.63. The summed E-state index contributed by atoms with van der Waals surface area (Å²) in [5.74, 6) is 1.22. The van der Waals surface area contributed by atoms with Gasteiger partial charge in [-0.15, -0.1) is 10.2 Å². The van der Waals surface area contributed by atoms with Crippen LogP contribution < -0.4 is 10.1 Å². The quantitative estimate of drug-likeness (QED) is 0.790. The van der Waals surface area contributed by atoms with Crippen LogP contribution in [0.2, 0.25) is 0 Å². The minimum atomic E-state index is -0.0733. The first-order chi connectivity index (χ1) is 12.1. The zero-order valence-corrected chi connectivity index (χ0v) is 15.4. The molecule has 0 aliphatic carbocycles. The van der Waals surface area contributed by atoms with Crippen molar-refractivity contribution in [2.75, 3.05) is 25.5 Å². The van der Waals surface area contributed by atoms with E-state index in [0.29, 0.717) is 11.5 Å². The number of aromatic nitrogens is 2. The summed E-state index contributed by atoms with van der Waals surface area (Å²) < 4.78 is 5.35. The van der Waals surface area contributed by atoms with Gasteiger partial charge in [0.15, 0.2) is 11.5 Å². The lowest BCUT2D eigenvalue weighted by atomic mass is 10.2. The lowest BCUT2D eigenvalue weighted by molar-refractivity contribution is 0.0748.